The van der Waals surface area contributed by atoms with Gasteiger partial charge in [0.15, 0.2) is 22.9 Å². The Balaban J connectivity index is 0.000000185. The summed E-state index contributed by atoms with van der Waals surface area (Å²) in [5.74, 6) is 3.04. The van der Waals surface area contributed by atoms with E-state index >= 15 is 0 Å². The SMILES string of the molecule is C.C.C.CC.COc1ncnc(C2CC2)c1-c1ncc2cnn([C@H]3CCc4cc(B5OC(C)(C)C(C)(C)O5)ccc43)c2n1.COc1ncnc(C2CC2)c1-c1ncc2cnn([C@H]3CCc4cc(Br)ccc43)c2n1. The van der Waals surface area contributed by atoms with Gasteiger partial charge in [0.25, 0.3) is 0 Å². The van der Waals surface area contributed by atoms with Gasteiger partial charge in [0.05, 0.1) is 72.1 Å². The number of fused-ring (bicyclic) bond motifs is 4. The molecule has 7 heterocycles. The summed E-state index contributed by atoms with van der Waals surface area (Å²) in [4.78, 5) is 37.0. The van der Waals surface area contributed by atoms with Gasteiger partial charge < -0.3 is 18.8 Å². The number of aryl methyl sites for hydroxylation is 2. The van der Waals surface area contributed by atoms with Crippen LogP contribution < -0.4 is 14.9 Å². The number of methoxy groups -OCH3 is 2. The maximum absolute atomic E-state index is 6.29. The minimum Gasteiger partial charge on any atom is -0.480 e. The van der Waals surface area contributed by atoms with E-state index in [1.807, 2.05) is 48.0 Å². The van der Waals surface area contributed by atoms with Crippen molar-refractivity contribution in [3.05, 3.63) is 112 Å². The van der Waals surface area contributed by atoms with E-state index in [0.717, 1.165) is 106 Å². The van der Waals surface area contributed by atoms with Gasteiger partial charge in [0.1, 0.15) is 23.8 Å². The van der Waals surface area contributed by atoms with E-state index in [1.54, 1.807) is 26.9 Å². The third-order valence-corrected chi connectivity index (χ3v) is 15.1. The molecule has 0 spiro atoms. The molecule has 5 aliphatic rings. The Morgan fingerprint density at radius 1 is 0.589 bits per heavy atom. The zero-order valence-electron chi connectivity index (χ0n) is 40.8. The number of nitrogens with zero attached hydrogens (tertiary/aromatic N) is 12. The molecule has 8 aromatic rings. The van der Waals surface area contributed by atoms with Gasteiger partial charge >= 0.3 is 7.12 Å². The molecule has 0 bridgehead atoms. The van der Waals surface area contributed by atoms with Crippen LogP contribution in [0.25, 0.3) is 44.8 Å². The number of ether oxygens (including phenoxy) is 2. The Hall–Kier alpha value is -6.24. The van der Waals surface area contributed by atoms with Gasteiger partial charge in [-0.2, -0.15) is 10.2 Å². The summed E-state index contributed by atoms with van der Waals surface area (Å²) in [5.41, 5.74) is 10.7. The number of hydrogen-bond acceptors (Lipinski definition) is 14. The fourth-order valence-electron chi connectivity index (χ4n) is 10.0. The molecule has 0 unspecified atom stereocenters. The van der Waals surface area contributed by atoms with Crippen LogP contribution in [0, 0.1) is 0 Å². The van der Waals surface area contributed by atoms with Gasteiger partial charge in [0, 0.05) is 28.7 Å². The van der Waals surface area contributed by atoms with Crippen molar-refractivity contribution in [3.63, 3.8) is 0 Å². The molecular weight excluding hydrogens is 983 g/mol. The predicted molar refractivity (Wildman–Crippen MR) is 291 cm³/mol. The number of hydrogen-bond donors (Lipinski definition) is 0. The lowest BCUT2D eigenvalue weighted by Crippen LogP contribution is -2.41. The van der Waals surface area contributed by atoms with Crippen molar-refractivity contribution in [3.8, 4) is 34.5 Å². The summed E-state index contributed by atoms with van der Waals surface area (Å²) < 4.78 is 28.9. The van der Waals surface area contributed by atoms with Crippen molar-refractivity contribution in [2.24, 2.45) is 0 Å². The van der Waals surface area contributed by atoms with Crippen LogP contribution in [0.15, 0.2) is 78.3 Å². The molecule has 4 aliphatic carbocycles. The van der Waals surface area contributed by atoms with Crippen LogP contribution in [0.2, 0.25) is 0 Å². The van der Waals surface area contributed by atoms with E-state index < -0.39 is 0 Å². The van der Waals surface area contributed by atoms with Crippen LogP contribution in [0.5, 0.6) is 11.8 Å². The standard InChI is InChI=1S/C28H31BN6O3.C22H19BrN6O.C2H6.3CH4/c1-27(2)28(3,4)38-29(37-27)19-9-10-20-17(12-19)8-11-21(20)35-25-18(14-33-35)13-30-24(34-25)22-23(16-6-7-16)31-15-32-26(22)36-5;1-30-22-18(19(12-2-3-12)25-11-26-22)20-24-9-14-10-27-29(21(14)28-20)17-7-4-13-8-15(23)5-6-16(13)17;1-2;;;/h9-10,12-16,21H,6-8,11H2,1-5H3;5-6,8-12,17H,2-4,7H2,1H3;1-2H3;3*1H4/t21-;17-;;;;/m00..../s1. The van der Waals surface area contributed by atoms with Crippen LogP contribution in [0.4, 0.5) is 0 Å². The lowest BCUT2D eigenvalue weighted by Gasteiger charge is -2.32. The third-order valence-electron chi connectivity index (χ3n) is 14.6. The molecule has 2 saturated carbocycles. The third kappa shape index (κ3) is 9.61. The second-order valence-electron chi connectivity index (χ2n) is 19.5. The van der Waals surface area contributed by atoms with E-state index in [1.165, 1.54) is 22.3 Å². The van der Waals surface area contributed by atoms with Gasteiger partial charge in [-0.15, -0.1) is 0 Å². The number of benzene rings is 2. The Labute approximate surface area is 437 Å². The van der Waals surface area contributed by atoms with Crippen LogP contribution in [0.1, 0.15) is 160 Å². The molecule has 1 aliphatic heterocycles. The van der Waals surface area contributed by atoms with Crippen molar-refractivity contribution in [1.82, 2.24) is 59.4 Å². The van der Waals surface area contributed by atoms with Gasteiger partial charge in [0.2, 0.25) is 11.8 Å². The zero-order chi connectivity index (χ0) is 48.5. The molecule has 16 nitrogen and oxygen atoms in total. The van der Waals surface area contributed by atoms with Crippen LogP contribution in [-0.4, -0.2) is 92.0 Å². The largest absolute Gasteiger partial charge is 0.494 e. The highest BCUT2D eigenvalue weighted by Crippen LogP contribution is 2.47. The molecule has 382 valence electrons. The summed E-state index contributed by atoms with van der Waals surface area (Å²) in [5, 5.41) is 11.3. The van der Waals surface area contributed by atoms with Gasteiger partial charge in [-0.25, -0.2) is 49.2 Å². The lowest BCUT2D eigenvalue weighted by molar-refractivity contribution is 0.00578. The van der Waals surface area contributed by atoms with E-state index in [2.05, 4.69) is 115 Å². The van der Waals surface area contributed by atoms with Gasteiger partial charge in [-0.1, -0.05) is 76.3 Å². The Kier molecular flexibility index (Phi) is 15.2. The average Bonchev–Trinajstić information content (AvgIpc) is 4.21. The van der Waals surface area contributed by atoms with Crippen LogP contribution in [0.3, 0.4) is 0 Å². The molecule has 2 aromatic carbocycles. The quantitative estimate of drug-likeness (QED) is 0.125. The van der Waals surface area contributed by atoms with Gasteiger partial charge in [-0.05, 0) is 119 Å². The van der Waals surface area contributed by atoms with E-state index in [9.17, 15) is 0 Å². The smallest absolute Gasteiger partial charge is 0.480 e. The number of rotatable bonds is 9. The van der Waals surface area contributed by atoms with Crippen LogP contribution >= 0.6 is 15.9 Å². The van der Waals surface area contributed by atoms with Crippen molar-refractivity contribution in [2.75, 3.05) is 14.2 Å². The monoisotopic (exact) mass is 1050 g/mol. The Morgan fingerprint density at radius 2 is 1.04 bits per heavy atom. The average molecular weight is 1050 g/mol. The second-order valence-corrected chi connectivity index (χ2v) is 20.4. The summed E-state index contributed by atoms with van der Waals surface area (Å²) >= 11 is 3.58. The fraction of sp³-hybridized carbons (Fsp3) is 0.455. The topological polar surface area (TPSA) is 176 Å². The first-order valence-corrected chi connectivity index (χ1v) is 25.2. The maximum atomic E-state index is 6.29. The van der Waals surface area contributed by atoms with E-state index in [-0.39, 0.29) is 52.7 Å². The first-order chi connectivity index (χ1) is 34.0. The van der Waals surface area contributed by atoms with Crippen molar-refractivity contribution >= 4 is 50.6 Å². The highest BCUT2D eigenvalue weighted by Gasteiger charge is 2.52. The molecule has 0 amide bonds. The fourth-order valence-corrected chi connectivity index (χ4v) is 10.4. The maximum Gasteiger partial charge on any atom is 0.494 e. The zero-order valence-corrected chi connectivity index (χ0v) is 42.4. The van der Waals surface area contributed by atoms with Gasteiger partial charge in [-0.3, -0.25) is 0 Å². The molecule has 6 aromatic heterocycles. The first kappa shape index (κ1) is 53.1. The highest BCUT2D eigenvalue weighted by molar-refractivity contribution is 9.10. The van der Waals surface area contributed by atoms with Crippen LogP contribution in [-0.2, 0) is 22.2 Å². The normalized spacial score (nSPS) is 18.8. The molecular formula is C55H68BBrN12O4. The lowest BCUT2D eigenvalue weighted by atomic mass is 9.78. The molecule has 3 fully saturated rings. The Bertz CT molecular complexity index is 3260. The molecule has 18 heteroatoms. The van der Waals surface area contributed by atoms with E-state index in [4.69, 9.17) is 33.8 Å². The molecule has 73 heavy (non-hydrogen) atoms. The number of aromatic nitrogens is 12. The summed E-state index contributed by atoms with van der Waals surface area (Å²) in [6, 6.07) is 13.3. The molecule has 1 saturated heterocycles. The van der Waals surface area contributed by atoms with Crippen molar-refractivity contribution in [1.29, 1.82) is 0 Å². The summed E-state index contributed by atoms with van der Waals surface area (Å²) in [6.45, 7) is 12.3. The highest BCUT2D eigenvalue weighted by atomic mass is 79.9. The van der Waals surface area contributed by atoms with Crippen molar-refractivity contribution < 1.29 is 18.8 Å². The molecule has 13 rings (SSSR count). The predicted octanol–water partition coefficient (Wildman–Crippen LogP) is 11.4. The molecule has 0 radical (unpaired) electrons. The summed E-state index contributed by atoms with van der Waals surface area (Å²) in [7, 11) is 2.88. The second kappa shape index (κ2) is 20.9. The minimum atomic E-state index is -0.367. The molecule has 2 atom stereocenters. The summed E-state index contributed by atoms with van der Waals surface area (Å²) in [6.07, 6.45) is 18.9. The van der Waals surface area contributed by atoms with Crippen molar-refractivity contribution in [2.45, 2.75) is 150 Å². The Morgan fingerprint density at radius 3 is 1.49 bits per heavy atom. The van der Waals surface area contributed by atoms with E-state index in [0.29, 0.717) is 35.2 Å². The number of halogens is 1. The minimum absolute atomic E-state index is 0. The first-order valence-electron chi connectivity index (χ1n) is 24.4. The molecule has 0 N–H and O–H groups in total.